The van der Waals surface area contributed by atoms with Crippen molar-refractivity contribution in [3.63, 3.8) is 0 Å². The number of carbonyl (C=O) groups excluding carboxylic acids is 1. The summed E-state index contributed by atoms with van der Waals surface area (Å²) in [5.74, 6) is 1.63. The van der Waals surface area contributed by atoms with E-state index in [9.17, 15) is 4.79 Å². The van der Waals surface area contributed by atoms with Crippen molar-refractivity contribution in [1.82, 2.24) is 0 Å². The second-order valence-electron chi connectivity index (χ2n) is 3.46. The van der Waals surface area contributed by atoms with Crippen molar-refractivity contribution in [2.45, 2.75) is 6.42 Å². The summed E-state index contributed by atoms with van der Waals surface area (Å²) in [5.41, 5.74) is 0.977. The smallest absolute Gasteiger partial charge is 0.315 e. The summed E-state index contributed by atoms with van der Waals surface area (Å²) < 4.78 is 10.0. The number of ether oxygens (including phenoxy) is 2. The van der Waals surface area contributed by atoms with Gasteiger partial charge in [-0.3, -0.25) is 4.79 Å². The Kier molecular flexibility index (Phi) is 6.74. The number of rotatable bonds is 7. The number of nitrogens with zero attached hydrogens (tertiary/aromatic N) is 1. The third-order valence-electron chi connectivity index (χ3n) is 2.15. The molecule has 0 N–H and O–H groups in total. The van der Waals surface area contributed by atoms with E-state index in [1.54, 1.807) is 0 Å². The van der Waals surface area contributed by atoms with Gasteiger partial charge in [-0.05, 0) is 17.7 Å². The van der Waals surface area contributed by atoms with E-state index in [1.165, 1.54) is 18.9 Å². The molecule has 0 aromatic heterocycles. The molecule has 18 heavy (non-hydrogen) atoms. The van der Waals surface area contributed by atoms with Gasteiger partial charge in [0.1, 0.15) is 5.75 Å². The van der Waals surface area contributed by atoms with E-state index >= 15 is 0 Å². The Hall–Kier alpha value is -1.67. The summed E-state index contributed by atoms with van der Waals surface area (Å²) in [6.07, 6.45) is 0.412. The van der Waals surface area contributed by atoms with Crippen LogP contribution in [-0.2, 0) is 16.0 Å². The highest BCUT2D eigenvalue weighted by atomic mass is 32.2. The lowest BCUT2D eigenvalue weighted by molar-refractivity contribution is -0.137. The molecule has 1 rings (SSSR count). The summed E-state index contributed by atoms with van der Waals surface area (Å²) in [4.78, 5) is 10.8. The van der Waals surface area contributed by atoms with Crippen LogP contribution in [0.2, 0.25) is 0 Å². The van der Waals surface area contributed by atoms with Crippen molar-refractivity contribution in [3.05, 3.63) is 29.8 Å². The molecule has 5 heteroatoms. The van der Waals surface area contributed by atoms with Crippen LogP contribution >= 0.6 is 11.8 Å². The first-order chi connectivity index (χ1) is 8.76. The van der Waals surface area contributed by atoms with Gasteiger partial charge in [-0.25, -0.2) is 0 Å². The SMILES string of the molecule is COC(=O)CSCCOc1ccc(CC#N)cc1. The fourth-order valence-corrected chi connectivity index (χ4v) is 1.86. The highest BCUT2D eigenvalue weighted by Crippen LogP contribution is 2.13. The molecule has 4 nitrogen and oxygen atoms in total. The number of carbonyl (C=O) groups is 1. The highest BCUT2D eigenvalue weighted by Gasteiger charge is 2.00. The van der Waals surface area contributed by atoms with E-state index in [2.05, 4.69) is 10.8 Å². The minimum absolute atomic E-state index is 0.221. The molecule has 0 unspecified atom stereocenters. The van der Waals surface area contributed by atoms with Crippen LogP contribution in [0.5, 0.6) is 5.75 Å². The molecule has 0 radical (unpaired) electrons. The van der Waals surface area contributed by atoms with Crippen LogP contribution in [0.25, 0.3) is 0 Å². The van der Waals surface area contributed by atoms with E-state index in [4.69, 9.17) is 10.00 Å². The molecule has 0 amide bonds. The Morgan fingerprint density at radius 3 is 2.72 bits per heavy atom. The minimum atomic E-state index is -0.221. The summed E-state index contributed by atoms with van der Waals surface area (Å²) in [6.45, 7) is 0.541. The molecule has 0 saturated heterocycles. The van der Waals surface area contributed by atoms with Crippen LogP contribution in [0.1, 0.15) is 5.56 Å². The van der Waals surface area contributed by atoms with Gasteiger partial charge in [0.05, 0.1) is 32.0 Å². The van der Waals surface area contributed by atoms with Gasteiger partial charge in [-0.15, -0.1) is 11.8 Å². The van der Waals surface area contributed by atoms with E-state index < -0.39 is 0 Å². The summed E-state index contributed by atoms with van der Waals surface area (Å²) in [5, 5.41) is 8.53. The topological polar surface area (TPSA) is 59.3 Å². The average Bonchev–Trinajstić information content (AvgIpc) is 2.40. The highest BCUT2D eigenvalue weighted by molar-refractivity contribution is 7.99. The number of thioether (sulfide) groups is 1. The van der Waals surface area contributed by atoms with Crippen LogP contribution in [0.15, 0.2) is 24.3 Å². The molecule has 0 aliphatic carbocycles. The predicted octanol–water partition coefficient (Wildman–Crippen LogP) is 2.04. The zero-order valence-electron chi connectivity index (χ0n) is 10.2. The Morgan fingerprint density at radius 2 is 2.11 bits per heavy atom. The van der Waals surface area contributed by atoms with Crippen molar-refractivity contribution >= 4 is 17.7 Å². The lowest BCUT2D eigenvalue weighted by Gasteiger charge is -2.06. The van der Waals surface area contributed by atoms with Gasteiger partial charge < -0.3 is 9.47 Å². The Bertz CT molecular complexity index is 411. The Morgan fingerprint density at radius 1 is 1.39 bits per heavy atom. The monoisotopic (exact) mass is 265 g/mol. The third-order valence-corrected chi connectivity index (χ3v) is 3.05. The van der Waals surface area contributed by atoms with Crippen LogP contribution in [0.4, 0.5) is 0 Å². The lowest BCUT2D eigenvalue weighted by atomic mass is 10.2. The Labute approximate surface area is 111 Å². The molecule has 0 fully saturated rings. The van der Waals surface area contributed by atoms with Crippen molar-refractivity contribution < 1.29 is 14.3 Å². The molecule has 0 atom stereocenters. The first kappa shape index (κ1) is 14.4. The summed E-state index contributed by atoms with van der Waals surface area (Å²) >= 11 is 1.47. The zero-order valence-corrected chi connectivity index (χ0v) is 11.0. The van der Waals surface area contributed by atoms with Gasteiger partial charge >= 0.3 is 5.97 Å². The Balaban J connectivity index is 2.19. The maximum atomic E-state index is 10.8. The average molecular weight is 265 g/mol. The van der Waals surface area contributed by atoms with E-state index in [0.29, 0.717) is 18.8 Å². The molecule has 1 aromatic rings. The van der Waals surface area contributed by atoms with Gasteiger partial charge in [0, 0.05) is 5.75 Å². The van der Waals surface area contributed by atoms with Crippen LogP contribution in [0, 0.1) is 11.3 Å². The number of esters is 1. The fraction of sp³-hybridized carbons (Fsp3) is 0.385. The maximum Gasteiger partial charge on any atom is 0.315 e. The second kappa shape index (κ2) is 8.43. The third kappa shape index (κ3) is 5.60. The maximum absolute atomic E-state index is 10.8. The molecule has 0 aliphatic heterocycles. The first-order valence-electron chi connectivity index (χ1n) is 5.49. The molecule has 0 heterocycles. The zero-order chi connectivity index (χ0) is 13.2. The fourth-order valence-electron chi connectivity index (χ4n) is 1.23. The number of hydrogen-bond acceptors (Lipinski definition) is 5. The molecule has 1 aromatic carbocycles. The van der Waals surface area contributed by atoms with Gasteiger partial charge in [-0.1, -0.05) is 12.1 Å². The standard InChI is InChI=1S/C13H15NO3S/c1-16-13(15)10-18-9-8-17-12-4-2-11(3-5-12)6-7-14/h2-5H,6,8-10H2,1H3. The molecular weight excluding hydrogens is 250 g/mol. The summed E-state index contributed by atoms with van der Waals surface area (Å²) in [6, 6.07) is 9.53. The van der Waals surface area contributed by atoms with Crippen molar-refractivity contribution in [2.75, 3.05) is 25.2 Å². The van der Waals surface area contributed by atoms with E-state index in [1.807, 2.05) is 24.3 Å². The minimum Gasteiger partial charge on any atom is -0.493 e. The number of benzene rings is 1. The van der Waals surface area contributed by atoms with Crippen LogP contribution in [0.3, 0.4) is 0 Å². The van der Waals surface area contributed by atoms with Crippen LogP contribution < -0.4 is 4.74 Å². The first-order valence-corrected chi connectivity index (χ1v) is 6.65. The van der Waals surface area contributed by atoms with Gasteiger partial charge in [0.25, 0.3) is 0 Å². The molecule has 96 valence electrons. The van der Waals surface area contributed by atoms with Crippen molar-refractivity contribution in [2.24, 2.45) is 0 Å². The predicted molar refractivity (Wildman–Crippen MR) is 70.6 cm³/mol. The van der Waals surface area contributed by atoms with Gasteiger partial charge in [0.15, 0.2) is 0 Å². The van der Waals surface area contributed by atoms with E-state index in [0.717, 1.165) is 17.1 Å². The number of methoxy groups -OCH3 is 1. The quantitative estimate of drug-likeness (QED) is 0.557. The second-order valence-corrected chi connectivity index (χ2v) is 4.56. The number of nitriles is 1. The molecule has 0 saturated carbocycles. The molecular formula is C13H15NO3S. The molecule has 0 aliphatic rings. The van der Waals surface area contributed by atoms with Gasteiger partial charge in [-0.2, -0.15) is 5.26 Å². The normalized spacial score (nSPS) is 9.56. The molecule has 0 bridgehead atoms. The largest absolute Gasteiger partial charge is 0.493 e. The van der Waals surface area contributed by atoms with Gasteiger partial charge in [0.2, 0.25) is 0 Å². The van der Waals surface area contributed by atoms with Crippen molar-refractivity contribution in [1.29, 1.82) is 5.26 Å². The van der Waals surface area contributed by atoms with E-state index in [-0.39, 0.29) is 5.97 Å². The van der Waals surface area contributed by atoms with Crippen LogP contribution in [-0.4, -0.2) is 31.2 Å². The summed E-state index contributed by atoms with van der Waals surface area (Å²) in [7, 11) is 1.38. The number of hydrogen-bond donors (Lipinski definition) is 0. The van der Waals surface area contributed by atoms with Crippen molar-refractivity contribution in [3.8, 4) is 11.8 Å². The molecule has 0 spiro atoms. The lowest BCUT2D eigenvalue weighted by Crippen LogP contribution is -2.06.